The molecule has 1 rings (SSSR count). The summed E-state index contributed by atoms with van der Waals surface area (Å²) in [5.41, 5.74) is 0. The second-order valence-electron chi connectivity index (χ2n) is 5.24. The van der Waals surface area contributed by atoms with Crippen LogP contribution in [0.25, 0.3) is 0 Å². The number of amides is 1. The molecule has 3 heteroatoms. The van der Waals surface area contributed by atoms with E-state index in [1.165, 1.54) is 19.3 Å². The van der Waals surface area contributed by atoms with Crippen molar-refractivity contribution in [1.29, 1.82) is 0 Å². The first-order valence-electron chi connectivity index (χ1n) is 7.12. The van der Waals surface area contributed by atoms with Gasteiger partial charge in [-0.3, -0.25) is 4.79 Å². The molecule has 1 atom stereocenters. The van der Waals surface area contributed by atoms with Gasteiger partial charge in [0.05, 0.1) is 6.61 Å². The molecule has 0 aromatic rings. The maximum absolute atomic E-state index is 12.3. The zero-order valence-electron chi connectivity index (χ0n) is 11.3. The number of carbonyl (C=O) groups is 1. The number of rotatable bonds is 6. The summed E-state index contributed by atoms with van der Waals surface area (Å²) in [5, 5.41) is 9.13. The summed E-state index contributed by atoms with van der Waals surface area (Å²) in [6, 6.07) is 0.378. The number of hydrogen-bond donors (Lipinski definition) is 1. The van der Waals surface area contributed by atoms with E-state index in [0.717, 1.165) is 25.7 Å². The molecule has 0 bridgehead atoms. The van der Waals surface area contributed by atoms with Crippen LogP contribution >= 0.6 is 0 Å². The second-order valence-corrected chi connectivity index (χ2v) is 5.24. The molecule has 0 spiro atoms. The Hall–Kier alpha value is -0.570. The molecule has 1 saturated carbocycles. The van der Waals surface area contributed by atoms with E-state index >= 15 is 0 Å². The highest BCUT2D eigenvalue weighted by molar-refractivity contribution is 5.78. The van der Waals surface area contributed by atoms with Crippen molar-refractivity contribution in [2.75, 3.05) is 13.2 Å². The van der Waals surface area contributed by atoms with Crippen molar-refractivity contribution < 1.29 is 9.90 Å². The maximum Gasteiger partial charge on any atom is 0.225 e. The van der Waals surface area contributed by atoms with Crippen LogP contribution in [0.2, 0.25) is 0 Å². The monoisotopic (exact) mass is 241 g/mol. The Bertz CT molecular complexity index is 224. The fourth-order valence-corrected chi connectivity index (χ4v) is 2.81. The van der Waals surface area contributed by atoms with Crippen LogP contribution in [0.4, 0.5) is 0 Å². The minimum Gasteiger partial charge on any atom is -0.395 e. The average Bonchev–Trinajstić information content (AvgIpc) is 2.36. The molecular weight excluding hydrogens is 214 g/mol. The van der Waals surface area contributed by atoms with E-state index < -0.39 is 0 Å². The van der Waals surface area contributed by atoms with E-state index in [9.17, 15) is 4.79 Å². The lowest BCUT2D eigenvalue weighted by atomic mass is 9.92. The van der Waals surface area contributed by atoms with Crippen LogP contribution in [0.5, 0.6) is 0 Å². The molecule has 0 aromatic heterocycles. The van der Waals surface area contributed by atoms with Gasteiger partial charge in [0, 0.05) is 18.5 Å². The molecule has 100 valence electrons. The van der Waals surface area contributed by atoms with Crippen LogP contribution in [0.15, 0.2) is 0 Å². The first kappa shape index (κ1) is 14.5. The van der Waals surface area contributed by atoms with Gasteiger partial charge in [-0.15, -0.1) is 0 Å². The van der Waals surface area contributed by atoms with Gasteiger partial charge in [-0.2, -0.15) is 0 Å². The third-order valence-corrected chi connectivity index (χ3v) is 3.78. The molecule has 0 saturated heterocycles. The van der Waals surface area contributed by atoms with E-state index in [4.69, 9.17) is 5.11 Å². The van der Waals surface area contributed by atoms with Gasteiger partial charge < -0.3 is 10.0 Å². The van der Waals surface area contributed by atoms with Gasteiger partial charge in [0.1, 0.15) is 0 Å². The fraction of sp³-hybridized carbons (Fsp3) is 0.929. The summed E-state index contributed by atoms with van der Waals surface area (Å²) in [4.78, 5) is 14.3. The lowest BCUT2D eigenvalue weighted by Crippen LogP contribution is -2.45. The minimum absolute atomic E-state index is 0.0844. The first-order valence-corrected chi connectivity index (χ1v) is 7.12. The van der Waals surface area contributed by atoms with Crippen LogP contribution in [0.1, 0.15) is 58.8 Å². The fourth-order valence-electron chi connectivity index (χ4n) is 2.81. The maximum atomic E-state index is 12.3. The van der Waals surface area contributed by atoms with Crippen molar-refractivity contribution in [2.24, 2.45) is 5.92 Å². The zero-order valence-corrected chi connectivity index (χ0v) is 11.3. The van der Waals surface area contributed by atoms with Crippen molar-refractivity contribution in [3.05, 3.63) is 0 Å². The predicted octanol–water partition coefficient (Wildman–Crippen LogP) is 2.58. The zero-order chi connectivity index (χ0) is 12.7. The summed E-state index contributed by atoms with van der Waals surface area (Å²) in [5.74, 6) is 0.348. The predicted molar refractivity (Wildman–Crippen MR) is 69.7 cm³/mol. The van der Waals surface area contributed by atoms with Gasteiger partial charge in [-0.05, 0) is 19.3 Å². The third kappa shape index (κ3) is 4.30. The molecular formula is C14H27NO2. The molecule has 1 aliphatic carbocycles. The Morgan fingerprint density at radius 2 is 2.00 bits per heavy atom. The normalized spacial score (nSPS) is 19.0. The average molecular weight is 241 g/mol. The molecule has 0 aromatic carbocycles. The second kappa shape index (κ2) is 7.70. The van der Waals surface area contributed by atoms with Gasteiger partial charge in [0.15, 0.2) is 0 Å². The Morgan fingerprint density at radius 3 is 2.53 bits per heavy atom. The van der Waals surface area contributed by atoms with E-state index in [-0.39, 0.29) is 18.4 Å². The summed E-state index contributed by atoms with van der Waals surface area (Å²) in [6.07, 6.45) is 7.97. The highest BCUT2D eigenvalue weighted by Crippen LogP contribution is 2.24. The number of aliphatic hydroxyl groups is 1. The van der Waals surface area contributed by atoms with Crippen molar-refractivity contribution in [3.8, 4) is 0 Å². The number of hydrogen-bond acceptors (Lipinski definition) is 2. The minimum atomic E-state index is 0.0844. The van der Waals surface area contributed by atoms with Crippen LogP contribution in [-0.4, -0.2) is 35.1 Å². The third-order valence-electron chi connectivity index (χ3n) is 3.78. The molecule has 3 nitrogen and oxygen atoms in total. The van der Waals surface area contributed by atoms with Crippen LogP contribution in [0.3, 0.4) is 0 Å². The summed E-state index contributed by atoms with van der Waals surface area (Å²) < 4.78 is 0. The van der Waals surface area contributed by atoms with Crippen LogP contribution in [0, 0.1) is 5.92 Å². The van der Waals surface area contributed by atoms with Crippen LogP contribution in [-0.2, 0) is 4.79 Å². The van der Waals surface area contributed by atoms with E-state index in [0.29, 0.717) is 12.6 Å². The SMILES string of the molecule is CCCC(C)C(=O)N(CCO)C1CCCCC1. The number of aliphatic hydroxyl groups excluding tert-OH is 1. The molecule has 0 heterocycles. The van der Waals surface area contributed by atoms with E-state index in [2.05, 4.69) is 6.92 Å². The van der Waals surface area contributed by atoms with Crippen molar-refractivity contribution >= 4 is 5.91 Å². The molecule has 1 fully saturated rings. The van der Waals surface area contributed by atoms with Crippen molar-refractivity contribution in [1.82, 2.24) is 4.90 Å². The lowest BCUT2D eigenvalue weighted by molar-refractivity contribution is -0.139. The van der Waals surface area contributed by atoms with Crippen molar-refractivity contribution in [2.45, 2.75) is 64.8 Å². The topological polar surface area (TPSA) is 40.5 Å². The Labute approximate surface area is 105 Å². The van der Waals surface area contributed by atoms with Crippen molar-refractivity contribution in [3.63, 3.8) is 0 Å². The molecule has 17 heavy (non-hydrogen) atoms. The van der Waals surface area contributed by atoms with Gasteiger partial charge >= 0.3 is 0 Å². The summed E-state index contributed by atoms with van der Waals surface area (Å²) in [7, 11) is 0. The van der Waals surface area contributed by atoms with Gasteiger partial charge in [-0.1, -0.05) is 39.5 Å². The molecule has 1 aliphatic rings. The van der Waals surface area contributed by atoms with Gasteiger partial charge in [0.2, 0.25) is 5.91 Å². The standard InChI is InChI=1S/C14H27NO2/c1-3-7-12(2)14(17)15(10-11-16)13-8-5-4-6-9-13/h12-13,16H,3-11H2,1-2H3. The van der Waals surface area contributed by atoms with E-state index in [1.807, 2.05) is 11.8 Å². The Kier molecular flexibility index (Phi) is 6.56. The highest BCUT2D eigenvalue weighted by Gasteiger charge is 2.27. The summed E-state index contributed by atoms with van der Waals surface area (Å²) in [6.45, 7) is 4.72. The first-order chi connectivity index (χ1) is 8.20. The largest absolute Gasteiger partial charge is 0.395 e. The quantitative estimate of drug-likeness (QED) is 0.776. The molecule has 1 unspecified atom stereocenters. The molecule has 0 aliphatic heterocycles. The Balaban J connectivity index is 2.59. The Morgan fingerprint density at radius 1 is 1.35 bits per heavy atom. The molecule has 1 amide bonds. The highest BCUT2D eigenvalue weighted by atomic mass is 16.3. The van der Waals surface area contributed by atoms with Crippen LogP contribution < -0.4 is 0 Å². The number of carbonyl (C=O) groups excluding carboxylic acids is 1. The molecule has 1 N–H and O–H groups in total. The molecule has 0 radical (unpaired) electrons. The lowest BCUT2D eigenvalue weighted by Gasteiger charge is -2.35. The smallest absolute Gasteiger partial charge is 0.225 e. The van der Waals surface area contributed by atoms with Gasteiger partial charge in [-0.25, -0.2) is 0 Å². The van der Waals surface area contributed by atoms with E-state index in [1.54, 1.807) is 0 Å². The number of nitrogens with zero attached hydrogens (tertiary/aromatic N) is 1. The summed E-state index contributed by atoms with van der Waals surface area (Å²) >= 11 is 0. The van der Waals surface area contributed by atoms with Gasteiger partial charge in [0.25, 0.3) is 0 Å².